The molecule has 0 aliphatic carbocycles. The number of nitrogens with one attached hydrogen (secondary N) is 2. The molecule has 2 aromatic carbocycles. The second-order valence-corrected chi connectivity index (χ2v) is 9.26. The SMILES string of the molecule is CC(C)CCNn1c(=O)c(C2=NS(=O)(=O)c3cc(O)ccc3N2)c(O)c2ccccc21. The first-order valence-electron chi connectivity index (χ1n) is 9.75. The van der Waals surface area contributed by atoms with Crippen molar-refractivity contribution < 1.29 is 18.6 Å². The van der Waals surface area contributed by atoms with Crippen LogP contribution in [0.3, 0.4) is 0 Å². The van der Waals surface area contributed by atoms with Crippen LogP contribution in [-0.4, -0.2) is 35.7 Å². The normalized spacial score (nSPS) is 14.7. The lowest BCUT2D eigenvalue weighted by atomic mass is 10.1. The third-order valence-corrected chi connectivity index (χ3v) is 6.31. The lowest BCUT2D eigenvalue weighted by Crippen LogP contribution is -2.36. The van der Waals surface area contributed by atoms with Crippen molar-refractivity contribution in [1.82, 2.24) is 4.68 Å². The van der Waals surface area contributed by atoms with Crippen LogP contribution < -0.4 is 16.3 Å². The Morgan fingerprint density at radius 3 is 2.65 bits per heavy atom. The van der Waals surface area contributed by atoms with Gasteiger partial charge in [0.15, 0.2) is 5.84 Å². The van der Waals surface area contributed by atoms with Crippen molar-refractivity contribution in [2.45, 2.75) is 25.2 Å². The monoisotopic (exact) mass is 442 g/mol. The Hall–Kier alpha value is -3.53. The van der Waals surface area contributed by atoms with E-state index in [9.17, 15) is 23.4 Å². The molecular formula is C21H22N4O5S. The summed E-state index contributed by atoms with van der Waals surface area (Å²) >= 11 is 0. The molecule has 0 fully saturated rings. The minimum atomic E-state index is -4.20. The number of benzene rings is 2. The summed E-state index contributed by atoms with van der Waals surface area (Å²) in [6, 6.07) is 10.5. The largest absolute Gasteiger partial charge is 0.508 e. The fourth-order valence-corrected chi connectivity index (χ4v) is 4.56. The highest BCUT2D eigenvalue weighted by Crippen LogP contribution is 2.33. The van der Waals surface area contributed by atoms with Crippen LogP contribution in [0, 0.1) is 5.92 Å². The third-order valence-electron chi connectivity index (χ3n) is 4.99. The smallest absolute Gasteiger partial charge is 0.286 e. The number of fused-ring (bicyclic) bond motifs is 2. The topological polar surface area (TPSA) is 133 Å². The lowest BCUT2D eigenvalue weighted by Gasteiger charge is -2.21. The molecular weight excluding hydrogens is 420 g/mol. The maximum Gasteiger partial charge on any atom is 0.286 e. The Balaban J connectivity index is 1.91. The van der Waals surface area contributed by atoms with Gasteiger partial charge in [-0.05, 0) is 36.6 Å². The van der Waals surface area contributed by atoms with Crippen molar-refractivity contribution >= 4 is 32.4 Å². The molecule has 9 nitrogen and oxygen atoms in total. The van der Waals surface area contributed by atoms with E-state index >= 15 is 0 Å². The molecule has 4 rings (SSSR count). The van der Waals surface area contributed by atoms with Crippen molar-refractivity contribution in [2.75, 3.05) is 17.3 Å². The van der Waals surface area contributed by atoms with Gasteiger partial charge in [-0.3, -0.25) is 4.79 Å². The second-order valence-electron chi connectivity index (χ2n) is 7.69. The predicted octanol–water partition coefficient (Wildman–Crippen LogP) is 2.56. The molecule has 0 spiro atoms. The van der Waals surface area contributed by atoms with Crippen LogP contribution in [0.5, 0.6) is 11.5 Å². The number of anilines is 1. The number of para-hydroxylation sites is 1. The predicted molar refractivity (Wildman–Crippen MR) is 119 cm³/mol. The van der Waals surface area contributed by atoms with E-state index in [4.69, 9.17) is 0 Å². The van der Waals surface area contributed by atoms with E-state index in [1.54, 1.807) is 24.3 Å². The highest BCUT2D eigenvalue weighted by Gasteiger charge is 2.30. The van der Waals surface area contributed by atoms with Gasteiger partial charge in [0, 0.05) is 18.0 Å². The Kier molecular flexibility index (Phi) is 5.10. The molecule has 0 saturated carbocycles. The van der Waals surface area contributed by atoms with E-state index in [0.717, 1.165) is 12.5 Å². The lowest BCUT2D eigenvalue weighted by molar-refractivity contribution is 0.473. The number of rotatable bonds is 5. The Bertz CT molecular complexity index is 1380. The van der Waals surface area contributed by atoms with Gasteiger partial charge in [0.2, 0.25) is 0 Å². The standard InChI is InChI=1S/C21H22N4O5S/c1-12(2)9-10-22-25-16-6-4-3-5-14(16)19(27)18(21(25)28)20-23-15-8-7-13(26)11-17(15)31(29,30)24-20/h3-8,11-12,22,26-27H,9-10H2,1-2H3,(H,23,24). The number of hydrogen-bond acceptors (Lipinski definition) is 7. The summed E-state index contributed by atoms with van der Waals surface area (Å²) in [6.45, 7) is 4.63. The Labute approximate surface area is 178 Å². The van der Waals surface area contributed by atoms with Crippen LogP contribution in [0.4, 0.5) is 5.69 Å². The zero-order valence-corrected chi connectivity index (χ0v) is 17.8. The number of aromatic nitrogens is 1. The van der Waals surface area contributed by atoms with Gasteiger partial charge in [-0.2, -0.15) is 8.42 Å². The molecule has 0 atom stereocenters. The van der Waals surface area contributed by atoms with Crippen LogP contribution in [0.1, 0.15) is 25.8 Å². The fraction of sp³-hybridized carbons (Fsp3) is 0.238. The molecule has 0 saturated heterocycles. The number of hydrogen-bond donors (Lipinski definition) is 4. The molecule has 1 aromatic heterocycles. The van der Waals surface area contributed by atoms with Crippen molar-refractivity contribution in [3.05, 3.63) is 58.4 Å². The number of phenolic OH excluding ortho intramolecular Hbond substituents is 1. The summed E-state index contributed by atoms with van der Waals surface area (Å²) in [7, 11) is -4.20. The average molecular weight is 442 g/mol. The van der Waals surface area contributed by atoms with Crippen LogP contribution in [0.2, 0.25) is 0 Å². The van der Waals surface area contributed by atoms with Gasteiger partial charge in [-0.1, -0.05) is 26.0 Å². The highest BCUT2D eigenvalue weighted by molar-refractivity contribution is 7.90. The molecule has 0 unspecified atom stereocenters. The molecule has 1 aliphatic rings. The van der Waals surface area contributed by atoms with Crippen molar-refractivity contribution in [3.63, 3.8) is 0 Å². The van der Waals surface area contributed by atoms with Gasteiger partial charge < -0.3 is 21.0 Å². The van der Waals surface area contributed by atoms with E-state index in [2.05, 4.69) is 29.0 Å². The number of aromatic hydroxyl groups is 2. The summed E-state index contributed by atoms with van der Waals surface area (Å²) in [5, 5.41) is 23.7. The van der Waals surface area contributed by atoms with Crippen LogP contribution in [-0.2, 0) is 10.0 Å². The van der Waals surface area contributed by atoms with Gasteiger partial charge in [0.1, 0.15) is 22.0 Å². The zero-order chi connectivity index (χ0) is 22.3. The first-order chi connectivity index (χ1) is 14.7. The number of phenols is 1. The molecule has 0 amide bonds. The fourth-order valence-electron chi connectivity index (χ4n) is 3.42. The molecule has 2 heterocycles. The quantitative estimate of drug-likeness (QED) is 0.446. The van der Waals surface area contributed by atoms with Crippen molar-refractivity contribution in [3.8, 4) is 11.5 Å². The Morgan fingerprint density at radius 2 is 1.90 bits per heavy atom. The third kappa shape index (κ3) is 3.70. The maximum absolute atomic E-state index is 13.3. The number of sulfonamides is 1. The van der Waals surface area contributed by atoms with Gasteiger partial charge in [0.05, 0.1) is 11.2 Å². The average Bonchev–Trinajstić information content (AvgIpc) is 2.70. The van der Waals surface area contributed by atoms with Gasteiger partial charge in [-0.15, -0.1) is 4.40 Å². The summed E-state index contributed by atoms with van der Waals surface area (Å²) in [5.41, 5.74) is 2.78. The molecule has 162 valence electrons. The molecule has 3 aromatic rings. The molecule has 1 aliphatic heterocycles. The number of amidine groups is 1. The maximum atomic E-state index is 13.3. The summed E-state index contributed by atoms with van der Waals surface area (Å²) in [6.07, 6.45) is 0.807. The van der Waals surface area contributed by atoms with E-state index in [0.29, 0.717) is 23.4 Å². The van der Waals surface area contributed by atoms with Crippen molar-refractivity contribution in [2.24, 2.45) is 10.3 Å². The van der Waals surface area contributed by atoms with Crippen LogP contribution in [0.15, 0.2) is 56.6 Å². The number of pyridine rings is 1. The van der Waals surface area contributed by atoms with Gasteiger partial charge in [-0.25, -0.2) is 4.68 Å². The molecule has 31 heavy (non-hydrogen) atoms. The first-order valence-corrected chi connectivity index (χ1v) is 11.2. The van der Waals surface area contributed by atoms with Crippen molar-refractivity contribution in [1.29, 1.82) is 0 Å². The molecule has 10 heteroatoms. The van der Waals surface area contributed by atoms with Crippen LogP contribution in [0.25, 0.3) is 10.9 Å². The molecule has 0 bridgehead atoms. The second kappa shape index (κ2) is 7.62. The minimum Gasteiger partial charge on any atom is -0.508 e. The highest BCUT2D eigenvalue weighted by atomic mass is 32.2. The Morgan fingerprint density at radius 1 is 1.16 bits per heavy atom. The minimum absolute atomic E-state index is 0.147. The molecule has 4 N–H and O–H groups in total. The first kappa shape index (κ1) is 20.7. The summed E-state index contributed by atoms with van der Waals surface area (Å²) in [5.74, 6) is -0.474. The van der Waals surface area contributed by atoms with E-state index < -0.39 is 15.6 Å². The van der Waals surface area contributed by atoms with E-state index in [-0.39, 0.29) is 33.5 Å². The zero-order valence-electron chi connectivity index (χ0n) is 17.0. The van der Waals surface area contributed by atoms with E-state index in [1.807, 2.05) is 0 Å². The number of nitrogens with zero attached hydrogens (tertiary/aromatic N) is 2. The van der Waals surface area contributed by atoms with Crippen LogP contribution >= 0.6 is 0 Å². The summed E-state index contributed by atoms with van der Waals surface area (Å²) in [4.78, 5) is 13.1. The van der Waals surface area contributed by atoms with Gasteiger partial charge >= 0.3 is 0 Å². The van der Waals surface area contributed by atoms with Gasteiger partial charge in [0.25, 0.3) is 15.6 Å². The molecule has 0 radical (unpaired) electrons. The van der Waals surface area contributed by atoms with E-state index in [1.165, 1.54) is 16.8 Å². The summed E-state index contributed by atoms with van der Waals surface area (Å²) < 4.78 is 30.4.